The molecule has 2 aromatic heterocycles. The molecule has 0 aliphatic carbocycles. The van der Waals surface area contributed by atoms with E-state index in [4.69, 9.17) is 8.94 Å². The summed E-state index contributed by atoms with van der Waals surface area (Å²) in [5, 5.41) is 7.34. The van der Waals surface area contributed by atoms with Crippen molar-refractivity contribution >= 4 is 0 Å². The molecule has 3 rings (SSSR count). The zero-order valence-corrected chi connectivity index (χ0v) is 11.1. The molecule has 0 fully saturated rings. The lowest BCUT2D eigenvalue weighted by Crippen LogP contribution is -2.18. The fourth-order valence-electron chi connectivity index (χ4n) is 1.86. The number of nitrogens with one attached hydrogen (secondary N) is 1. The summed E-state index contributed by atoms with van der Waals surface area (Å²) < 4.78 is 10.3. The first-order valence-corrected chi connectivity index (χ1v) is 6.46. The average molecular weight is 269 g/mol. The van der Waals surface area contributed by atoms with Gasteiger partial charge in [-0.2, -0.15) is 4.98 Å². The molecule has 2 heterocycles. The highest BCUT2D eigenvalue weighted by atomic mass is 16.5. The van der Waals surface area contributed by atoms with Crippen LogP contribution in [0, 0.1) is 0 Å². The van der Waals surface area contributed by atoms with Crippen LogP contribution in [-0.4, -0.2) is 10.1 Å². The molecule has 1 unspecified atom stereocenters. The maximum absolute atomic E-state index is 5.29. The molecule has 0 amide bonds. The van der Waals surface area contributed by atoms with Gasteiger partial charge in [-0.05, 0) is 25.1 Å². The number of benzene rings is 1. The van der Waals surface area contributed by atoms with Crippen LogP contribution in [-0.2, 0) is 6.54 Å². The second-order valence-electron chi connectivity index (χ2n) is 4.56. The van der Waals surface area contributed by atoms with Gasteiger partial charge in [-0.1, -0.05) is 23.4 Å². The van der Waals surface area contributed by atoms with Gasteiger partial charge in [-0.3, -0.25) is 0 Å². The number of aromatic nitrogens is 2. The highest BCUT2D eigenvalue weighted by Gasteiger charge is 2.14. The van der Waals surface area contributed by atoms with Crippen LogP contribution in [0.3, 0.4) is 0 Å². The standard InChI is InChI=1S/C15H15N3O2/c1-11(16-9-12-7-8-19-10-12)14-17-15(20-18-14)13-5-3-2-4-6-13/h2-8,10-11,16H,9H2,1H3. The second kappa shape index (κ2) is 5.71. The van der Waals surface area contributed by atoms with Gasteiger partial charge in [0.25, 0.3) is 5.89 Å². The second-order valence-corrected chi connectivity index (χ2v) is 4.56. The van der Waals surface area contributed by atoms with Crippen molar-refractivity contribution in [1.82, 2.24) is 15.5 Å². The van der Waals surface area contributed by atoms with E-state index < -0.39 is 0 Å². The summed E-state index contributed by atoms with van der Waals surface area (Å²) >= 11 is 0. The van der Waals surface area contributed by atoms with E-state index in [1.54, 1.807) is 12.5 Å². The molecule has 1 N–H and O–H groups in total. The van der Waals surface area contributed by atoms with Crippen molar-refractivity contribution in [2.24, 2.45) is 0 Å². The largest absolute Gasteiger partial charge is 0.472 e. The molecule has 1 aromatic carbocycles. The summed E-state index contributed by atoms with van der Waals surface area (Å²) in [6, 6.07) is 11.7. The van der Waals surface area contributed by atoms with Crippen molar-refractivity contribution in [2.45, 2.75) is 19.5 Å². The van der Waals surface area contributed by atoms with E-state index in [1.807, 2.05) is 43.3 Å². The Balaban J connectivity index is 1.67. The van der Waals surface area contributed by atoms with Gasteiger partial charge >= 0.3 is 0 Å². The number of hydrogen-bond donors (Lipinski definition) is 1. The summed E-state index contributed by atoms with van der Waals surface area (Å²) in [6.45, 7) is 2.70. The summed E-state index contributed by atoms with van der Waals surface area (Å²) in [5.74, 6) is 1.19. The summed E-state index contributed by atoms with van der Waals surface area (Å²) in [5.41, 5.74) is 2.01. The fourth-order valence-corrected chi connectivity index (χ4v) is 1.86. The first-order valence-electron chi connectivity index (χ1n) is 6.46. The SMILES string of the molecule is CC(NCc1ccoc1)c1noc(-c2ccccc2)n1. The number of furan rings is 1. The van der Waals surface area contributed by atoms with Crippen LogP contribution in [0.15, 0.2) is 57.9 Å². The van der Waals surface area contributed by atoms with Crippen LogP contribution in [0.1, 0.15) is 24.4 Å². The van der Waals surface area contributed by atoms with Crippen molar-refractivity contribution in [3.63, 3.8) is 0 Å². The van der Waals surface area contributed by atoms with E-state index in [1.165, 1.54) is 0 Å². The van der Waals surface area contributed by atoms with E-state index in [0.717, 1.165) is 11.1 Å². The fraction of sp³-hybridized carbons (Fsp3) is 0.200. The van der Waals surface area contributed by atoms with Gasteiger partial charge in [0.15, 0.2) is 5.82 Å². The van der Waals surface area contributed by atoms with Crippen molar-refractivity contribution in [3.05, 3.63) is 60.3 Å². The quantitative estimate of drug-likeness (QED) is 0.770. The van der Waals surface area contributed by atoms with Gasteiger partial charge in [-0.15, -0.1) is 0 Å². The Kier molecular flexibility index (Phi) is 3.60. The molecule has 102 valence electrons. The summed E-state index contributed by atoms with van der Waals surface area (Å²) in [4.78, 5) is 4.42. The topological polar surface area (TPSA) is 64.1 Å². The molecular weight excluding hydrogens is 254 g/mol. The van der Waals surface area contributed by atoms with Crippen LogP contribution in [0.4, 0.5) is 0 Å². The van der Waals surface area contributed by atoms with Gasteiger partial charge in [0.2, 0.25) is 0 Å². The Labute approximate surface area is 116 Å². The molecule has 0 bridgehead atoms. The third kappa shape index (κ3) is 2.78. The lowest BCUT2D eigenvalue weighted by Gasteiger charge is -2.07. The van der Waals surface area contributed by atoms with Gasteiger partial charge in [-0.25, -0.2) is 0 Å². The zero-order valence-electron chi connectivity index (χ0n) is 11.1. The summed E-state index contributed by atoms with van der Waals surface area (Å²) in [6.07, 6.45) is 3.37. The molecule has 0 aliphatic heterocycles. The third-order valence-corrected chi connectivity index (χ3v) is 3.04. The molecule has 0 saturated heterocycles. The van der Waals surface area contributed by atoms with Crippen LogP contribution in [0.2, 0.25) is 0 Å². The van der Waals surface area contributed by atoms with Crippen LogP contribution in [0.25, 0.3) is 11.5 Å². The molecule has 1 atom stereocenters. The molecule has 0 radical (unpaired) electrons. The minimum absolute atomic E-state index is 0.00566. The van der Waals surface area contributed by atoms with Gasteiger partial charge in [0.1, 0.15) is 0 Å². The molecule has 3 aromatic rings. The molecule has 0 spiro atoms. The lowest BCUT2D eigenvalue weighted by atomic mass is 10.2. The number of rotatable bonds is 5. The number of nitrogens with zero attached hydrogens (tertiary/aromatic N) is 2. The average Bonchev–Trinajstić information content (AvgIpc) is 3.17. The lowest BCUT2D eigenvalue weighted by molar-refractivity contribution is 0.409. The van der Waals surface area contributed by atoms with E-state index >= 15 is 0 Å². The molecule has 20 heavy (non-hydrogen) atoms. The van der Waals surface area contributed by atoms with Crippen molar-refractivity contribution in [3.8, 4) is 11.5 Å². The first-order chi connectivity index (χ1) is 9.83. The third-order valence-electron chi connectivity index (χ3n) is 3.04. The normalized spacial score (nSPS) is 12.4. The Morgan fingerprint density at radius 1 is 1.20 bits per heavy atom. The van der Waals surface area contributed by atoms with Gasteiger partial charge < -0.3 is 14.3 Å². The minimum Gasteiger partial charge on any atom is -0.472 e. The van der Waals surface area contributed by atoms with Crippen LogP contribution >= 0.6 is 0 Å². The predicted octanol–water partition coefficient (Wildman–Crippen LogP) is 3.18. The van der Waals surface area contributed by atoms with Gasteiger partial charge in [0.05, 0.1) is 18.6 Å². The maximum Gasteiger partial charge on any atom is 0.257 e. The first kappa shape index (κ1) is 12.6. The Morgan fingerprint density at radius 3 is 2.80 bits per heavy atom. The molecular formula is C15H15N3O2. The highest BCUT2D eigenvalue weighted by molar-refractivity contribution is 5.52. The van der Waals surface area contributed by atoms with E-state index in [2.05, 4.69) is 15.5 Å². The van der Waals surface area contributed by atoms with Gasteiger partial charge in [0, 0.05) is 17.7 Å². The Morgan fingerprint density at radius 2 is 2.05 bits per heavy atom. The number of hydrogen-bond acceptors (Lipinski definition) is 5. The highest BCUT2D eigenvalue weighted by Crippen LogP contribution is 2.18. The van der Waals surface area contributed by atoms with E-state index in [0.29, 0.717) is 18.3 Å². The Bertz CT molecular complexity index is 647. The zero-order chi connectivity index (χ0) is 13.8. The van der Waals surface area contributed by atoms with E-state index in [-0.39, 0.29) is 6.04 Å². The minimum atomic E-state index is 0.00566. The molecule has 0 aliphatic rings. The smallest absolute Gasteiger partial charge is 0.257 e. The molecule has 0 saturated carbocycles. The van der Waals surface area contributed by atoms with Crippen molar-refractivity contribution < 1.29 is 8.94 Å². The summed E-state index contributed by atoms with van der Waals surface area (Å²) in [7, 11) is 0. The van der Waals surface area contributed by atoms with Crippen LogP contribution < -0.4 is 5.32 Å². The van der Waals surface area contributed by atoms with Crippen LogP contribution in [0.5, 0.6) is 0 Å². The van der Waals surface area contributed by atoms with E-state index in [9.17, 15) is 0 Å². The monoisotopic (exact) mass is 269 g/mol. The molecule has 5 heteroatoms. The maximum atomic E-state index is 5.29. The Hall–Kier alpha value is -2.40. The predicted molar refractivity (Wildman–Crippen MR) is 73.7 cm³/mol. The van der Waals surface area contributed by atoms with Crippen molar-refractivity contribution in [2.75, 3.05) is 0 Å². The van der Waals surface area contributed by atoms with Crippen molar-refractivity contribution in [1.29, 1.82) is 0 Å². The molecule has 5 nitrogen and oxygen atoms in total.